The molecule has 0 amide bonds. The van der Waals surface area contributed by atoms with Gasteiger partial charge in [-0.2, -0.15) is 0 Å². The van der Waals surface area contributed by atoms with Crippen LogP contribution in [0.4, 0.5) is 5.13 Å². The average molecular weight is 312 g/mol. The fourth-order valence-electron chi connectivity index (χ4n) is 2.52. The van der Waals surface area contributed by atoms with Crippen LogP contribution in [0.2, 0.25) is 0 Å². The number of aromatic nitrogens is 1. The average Bonchev–Trinajstić information content (AvgIpc) is 2.97. The van der Waals surface area contributed by atoms with Gasteiger partial charge in [0.2, 0.25) is 0 Å². The van der Waals surface area contributed by atoms with E-state index in [1.165, 1.54) is 10.3 Å². The summed E-state index contributed by atoms with van der Waals surface area (Å²) in [4.78, 5) is 7.06. The van der Waals surface area contributed by atoms with E-state index in [1.807, 2.05) is 24.3 Å². The SMILES string of the molecule is CC(CCO)N(Cc1ccccc1)c1nc2ccccc2s1. The number of fused-ring (bicyclic) bond motifs is 1. The Balaban J connectivity index is 1.93. The molecule has 2 aromatic carbocycles. The summed E-state index contributed by atoms with van der Waals surface area (Å²) in [5, 5.41) is 10.3. The first-order valence-electron chi connectivity index (χ1n) is 7.55. The van der Waals surface area contributed by atoms with Crippen molar-refractivity contribution in [1.82, 2.24) is 4.98 Å². The second kappa shape index (κ2) is 6.90. The Morgan fingerprint density at radius 3 is 2.55 bits per heavy atom. The summed E-state index contributed by atoms with van der Waals surface area (Å²) >= 11 is 1.71. The van der Waals surface area contributed by atoms with Gasteiger partial charge in [0.25, 0.3) is 0 Å². The molecule has 114 valence electrons. The number of hydrogen-bond acceptors (Lipinski definition) is 4. The fourth-order valence-corrected chi connectivity index (χ4v) is 3.58. The number of aliphatic hydroxyl groups excluding tert-OH is 1. The molecular formula is C18H20N2OS. The molecule has 1 heterocycles. The van der Waals surface area contributed by atoms with Crippen LogP contribution in [0.15, 0.2) is 54.6 Å². The Morgan fingerprint density at radius 2 is 1.82 bits per heavy atom. The Kier molecular flexibility index (Phi) is 4.71. The van der Waals surface area contributed by atoms with Crippen LogP contribution in [-0.4, -0.2) is 22.7 Å². The van der Waals surface area contributed by atoms with Crippen LogP contribution >= 0.6 is 11.3 Å². The minimum atomic E-state index is 0.192. The molecule has 0 aliphatic heterocycles. The fraction of sp³-hybridized carbons (Fsp3) is 0.278. The van der Waals surface area contributed by atoms with E-state index in [0.717, 1.165) is 23.6 Å². The van der Waals surface area contributed by atoms with Crippen LogP contribution in [0, 0.1) is 0 Å². The van der Waals surface area contributed by atoms with Crippen molar-refractivity contribution in [2.45, 2.75) is 25.9 Å². The topological polar surface area (TPSA) is 36.4 Å². The lowest BCUT2D eigenvalue weighted by molar-refractivity contribution is 0.275. The zero-order valence-electron chi connectivity index (χ0n) is 12.6. The van der Waals surface area contributed by atoms with Crippen LogP contribution < -0.4 is 4.90 Å². The second-order valence-corrected chi connectivity index (χ2v) is 6.45. The van der Waals surface area contributed by atoms with Gasteiger partial charge in [-0.1, -0.05) is 53.8 Å². The monoisotopic (exact) mass is 312 g/mol. The Bertz CT molecular complexity index is 693. The number of anilines is 1. The van der Waals surface area contributed by atoms with Gasteiger partial charge >= 0.3 is 0 Å². The molecule has 3 rings (SSSR count). The van der Waals surface area contributed by atoms with Crippen molar-refractivity contribution in [3.63, 3.8) is 0 Å². The molecule has 4 heteroatoms. The second-order valence-electron chi connectivity index (χ2n) is 5.44. The molecule has 0 aliphatic rings. The van der Waals surface area contributed by atoms with E-state index in [0.29, 0.717) is 0 Å². The van der Waals surface area contributed by atoms with Crippen molar-refractivity contribution in [1.29, 1.82) is 0 Å². The predicted molar refractivity (Wildman–Crippen MR) is 93.4 cm³/mol. The molecule has 1 aromatic heterocycles. The highest BCUT2D eigenvalue weighted by molar-refractivity contribution is 7.22. The normalized spacial score (nSPS) is 12.5. The van der Waals surface area contributed by atoms with E-state index >= 15 is 0 Å². The van der Waals surface area contributed by atoms with Crippen LogP contribution in [0.25, 0.3) is 10.2 Å². The molecule has 3 aromatic rings. The van der Waals surface area contributed by atoms with Crippen molar-refractivity contribution in [3.05, 3.63) is 60.2 Å². The van der Waals surface area contributed by atoms with Crippen LogP contribution in [-0.2, 0) is 6.54 Å². The maximum Gasteiger partial charge on any atom is 0.186 e. The molecule has 0 saturated heterocycles. The third kappa shape index (κ3) is 3.29. The Labute approximate surface area is 134 Å². The Morgan fingerprint density at radius 1 is 1.09 bits per heavy atom. The smallest absolute Gasteiger partial charge is 0.186 e. The van der Waals surface area contributed by atoms with Gasteiger partial charge in [0.15, 0.2) is 5.13 Å². The summed E-state index contributed by atoms with van der Waals surface area (Å²) in [6.45, 7) is 3.14. The number of para-hydroxylation sites is 1. The highest BCUT2D eigenvalue weighted by Crippen LogP contribution is 2.31. The summed E-state index contributed by atoms with van der Waals surface area (Å²) in [7, 11) is 0. The lowest BCUT2D eigenvalue weighted by atomic mass is 10.1. The van der Waals surface area contributed by atoms with Crippen molar-refractivity contribution in [2.24, 2.45) is 0 Å². The zero-order valence-corrected chi connectivity index (χ0v) is 13.5. The van der Waals surface area contributed by atoms with Gasteiger partial charge in [-0.25, -0.2) is 4.98 Å². The van der Waals surface area contributed by atoms with Gasteiger partial charge in [-0.05, 0) is 31.0 Å². The molecule has 22 heavy (non-hydrogen) atoms. The number of thiazole rings is 1. The van der Waals surface area contributed by atoms with Gasteiger partial charge in [0.1, 0.15) is 0 Å². The third-order valence-electron chi connectivity index (χ3n) is 3.80. The van der Waals surface area contributed by atoms with Gasteiger partial charge in [0.05, 0.1) is 10.2 Å². The molecule has 0 radical (unpaired) electrons. The molecule has 1 atom stereocenters. The van der Waals surface area contributed by atoms with Crippen LogP contribution in [0.5, 0.6) is 0 Å². The number of benzene rings is 2. The quantitative estimate of drug-likeness (QED) is 0.745. The van der Waals surface area contributed by atoms with Crippen molar-refractivity contribution < 1.29 is 5.11 Å². The minimum absolute atomic E-state index is 0.192. The number of rotatable bonds is 6. The largest absolute Gasteiger partial charge is 0.396 e. The van der Waals surface area contributed by atoms with E-state index < -0.39 is 0 Å². The molecule has 0 bridgehead atoms. The number of nitrogens with zero attached hydrogens (tertiary/aromatic N) is 2. The molecular weight excluding hydrogens is 292 g/mol. The highest BCUT2D eigenvalue weighted by Gasteiger charge is 2.18. The molecule has 1 N–H and O–H groups in total. The first kappa shape index (κ1) is 15.0. The maximum absolute atomic E-state index is 9.29. The number of aliphatic hydroxyl groups is 1. The summed E-state index contributed by atoms with van der Waals surface area (Å²) in [6, 6.07) is 18.9. The summed E-state index contributed by atoms with van der Waals surface area (Å²) in [5.74, 6) is 0. The minimum Gasteiger partial charge on any atom is -0.396 e. The van der Waals surface area contributed by atoms with Gasteiger partial charge in [-0.15, -0.1) is 0 Å². The predicted octanol–water partition coefficient (Wildman–Crippen LogP) is 4.07. The summed E-state index contributed by atoms with van der Waals surface area (Å²) in [5.41, 5.74) is 2.29. The molecule has 0 fully saturated rings. The van der Waals surface area contributed by atoms with Crippen LogP contribution in [0.1, 0.15) is 18.9 Å². The molecule has 0 saturated carbocycles. The van der Waals surface area contributed by atoms with Gasteiger partial charge < -0.3 is 10.0 Å². The molecule has 0 aliphatic carbocycles. The summed E-state index contributed by atoms with van der Waals surface area (Å²) < 4.78 is 1.20. The molecule has 0 spiro atoms. The van der Waals surface area contributed by atoms with Crippen molar-refractivity contribution >= 4 is 26.7 Å². The van der Waals surface area contributed by atoms with E-state index in [-0.39, 0.29) is 12.6 Å². The van der Waals surface area contributed by atoms with Crippen molar-refractivity contribution in [3.8, 4) is 0 Å². The molecule has 3 nitrogen and oxygen atoms in total. The number of hydrogen-bond donors (Lipinski definition) is 1. The zero-order chi connectivity index (χ0) is 15.4. The Hall–Kier alpha value is -1.91. The van der Waals surface area contributed by atoms with Gasteiger partial charge in [0, 0.05) is 19.2 Å². The van der Waals surface area contributed by atoms with Crippen molar-refractivity contribution in [2.75, 3.05) is 11.5 Å². The summed E-state index contributed by atoms with van der Waals surface area (Å²) in [6.07, 6.45) is 0.739. The molecule has 1 unspecified atom stereocenters. The highest BCUT2D eigenvalue weighted by atomic mass is 32.1. The lowest BCUT2D eigenvalue weighted by Crippen LogP contribution is -2.33. The van der Waals surface area contributed by atoms with Crippen LogP contribution in [0.3, 0.4) is 0 Å². The van der Waals surface area contributed by atoms with E-state index in [4.69, 9.17) is 4.98 Å². The first-order valence-corrected chi connectivity index (χ1v) is 8.36. The van der Waals surface area contributed by atoms with E-state index in [1.54, 1.807) is 11.3 Å². The maximum atomic E-state index is 9.29. The van der Waals surface area contributed by atoms with E-state index in [2.05, 4.69) is 42.2 Å². The first-order chi connectivity index (χ1) is 10.8. The third-order valence-corrected chi connectivity index (χ3v) is 4.88. The standard InChI is InChI=1S/C18H20N2OS/c1-14(11-12-21)20(13-15-7-3-2-4-8-15)18-19-16-9-5-6-10-17(16)22-18/h2-10,14,21H,11-13H2,1H3. The van der Waals surface area contributed by atoms with E-state index in [9.17, 15) is 5.11 Å². The lowest BCUT2D eigenvalue weighted by Gasteiger charge is -2.28. The van der Waals surface area contributed by atoms with Gasteiger partial charge in [-0.3, -0.25) is 0 Å².